The minimum atomic E-state index is -0.500. The molecule has 17 heavy (non-hydrogen) atoms. The number of nitro groups is 1. The third-order valence-corrected chi connectivity index (χ3v) is 2.01. The van der Waals surface area contributed by atoms with Crippen LogP contribution in [0.15, 0.2) is 24.3 Å². The summed E-state index contributed by atoms with van der Waals surface area (Å²) in [7, 11) is 0. The lowest BCUT2D eigenvalue weighted by molar-refractivity contribution is -0.383. The molecule has 0 radical (unpaired) electrons. The van der Waals surface area contributed by atoms with Crippen molar-refractivity contribution in [2.24, 2.45) is 5.73 Å². The number of hydrogen-bond donors (Lipinski definition) is 3. The van der Waals surface area contributed by atoms with Crippen molar-refractivity contribution < 1.29 is 9.72 Å². The van der Waals surface area contributed by atoms with Gasteiger partial charge in [0.2, 0.25) is 5.91 Å². The Morgan fingerprint density at radius 2 is 2.12 bits per heavy atom. The van der Waals surface area contributed by atoms with Crippen molar-refractivity contribution in [3.8, 4) is 0 Å². The SMILES string of the molecule is NCCNC(=O)CNc1ccccc1[N+](=O)[O-]. The second-order valence-corrected chi connectivity index (χ2v) is 3.27. The summed E-state index contributed by atoms with van der Waals surface area (Å²) >= 11 is 0. The Hall–Kier alpha value is -2.15. The zero-order chi connectivity index (χ0) is 12.7. The van der Waals surface area contributed by atoms with Crippen LogP contribution in [0, 0.1) is 10.1 Å². The first-order valence-corrected chi connectivity index (χ1v) is 5.09. The number of carbonyl (C=O) groups excluding carboxylic acids is 1. The van der Waals surface area contributed by atoms with E-state index in [-0.39, 0.29) is 18.1 Å². The van der Waals surface area contributed by atoms with Crippen LogP contribution in [0.3, 0.4) is 0 Å². The largest absolute Gasteiger partial charge is 0.371 e. The smallest absolute Gasteiger partial charge is 0.292 e. The molecule has 0 aliphatic carbocycles. The van der Waals surface area contributed by atoms with Crippen LogP contribution in [0.5, 0.6) is 0 Å². The van der Waals surface area contributed by atoms with Crippen LogP contribution in [0.1, 0.15) is 0 Å². The molecule has 1 aromatic rings. The molecule has 1 amide bonds. The molecule has 92 valence electrons. The Morgan fingerprint density at radius 3 is 2.76 bits per heavy atom. The van der Waals surface area contributed by atoms with Crippen LogP contribution in [0.25, 0.3) is 0 Å². The van der Waals surface area contributed by atoms with E-state index >= 15 is 0 Å². The van der Waals surface area contributed by atoms with E-state index in [2.05, 4.69) is 10.6 Å². The van der Waals surface area contributed by atoms with Crippen LogP contribution in [-0.2, 0) is 4.79 Å². The fraction of sp³-hybridized carbons (Fsp3) is 0.300. The number of anilines is 1. The molecule has 0 atom stereocenters. The van der Waals surface area contributed by atoms with Crippen LogP contribution in [-0.4, -0.2) is 30.5 Å². The molecule has 0 bridgehead atoms. The molecule has 1 aromatic carbocycles. The highest BCUT2D eigenvalue weighted by atomic mass is 16.6. The predicted molar refractivity (Wildman–Crippen MR) is 63.7 cm³/mol. The van der Waals surface area contributed by atoms with Gasteiger partial charge in [-0.15, -0.1) is 0 Å². The molecule has 0 saturated carbocycles. The summed E-state index contributed by atoms with van der Waals surface area (Å²) in [5.41, 5.74) is 5.49. The number of nitrogens with zero attached hydrogens (tertiary/aromatic N) is 1. The summed E-state index contributed by atoms with van der Waals surface area (Å²) in [5.74, 6) is -0.256. The van der Waals surface area contributed by atoms with Crippen LogP contribution >= 0.6 is 0 Å². The first-order valence-electron chi connectivity index (χ1n) is 5.09. The Balaban J connectivity index is 2.57. The monoisotopic (exact) mass is 238 g/mol. The van der Waals surface area contributed by atoms with E-state index in [0.29, 0.717) is 18.8 Å². The maximum absolute atomic E-state index is 11.3. The van der Waals surface area contributed by atoms with Gasteiger partial charge in [-0.1, -0.05) is 12.1 Å². The lowest BCUT2D eigenvalue weighted by atomic mass is 10.2. The molecule has 7 heteroatoms. The molecule has 0 aromatic heterocycles. The van der Waals surface area contributed by atoms with E-state index in [9.17, 15) is 14.9 Å². The highest BCUT2D eigenvalue weighted by Crippen LogP contribution is 2.22. The Kier molecular flexibility index (Phi) is 4.89. The van der Waals surface area contributed by atoms with Gasteiger partial charge in [0.1, 0.15) is 5.69 Å². The van der Waals surface area contributed by atoms with Gasteiger partial charge in [-0.2, -0.15) is 0 Å². The Labute approximate surface area is 98.1 Å². The van der Waals surface area contributed by atoms with E-state index in [4.69, 9.17) is 5.73 Å². The minimum Gasteiger partial charge on any atom is -0.371 e. The van der Waals surface area contributed by atoms with Gasteiger partial charge in [0.05, 0.1) is 11.5 Å². The molecule has 4 N–H and O–H groups in total. The molecule has 0 aliphatic rings. The third-order valence-electron chi connectivity index (χ3n) is 2.01. The molecular formula is C10H14N4O3. The summed E-state index contributed by atoms with van der Waals surface area (Å²) < 4.78 is 0. The molecule has 7 nitrogen and oxygen atoms in total. The lowest BCUT2D eigenvalue weighted by Crippen LogP contribution is -2.33. The number of benzene rings is 1. The van der Waals surface area contributed by atoms with Crippen molar-refractivity contribution in [3.63, 3.8) is 0 Å². The molecule has 0 heterocycles. The number of rotatable bonds is 6. The fourth-order valence-corrected chi connectivity index (χ4v) is 1.23. The topological polar surface area (TPSA) is 110 Å². The van der Waals surface area contributed by atoms with Gasteiger partial charge in [0, 0.05) is 19.2 Å². The van der Waals surface area contributed by atoms with Gasteiger partial charge in [-0.05, 0) is 6.07 Å². The number of nitrogens with two attached hydrogens (primary N) is 1. The van der Waals surface area contributed by atoms with Gasteiger partial charge in [-0.25, -0.2) is 0 Å². The average molecular weight is 238 g/mol. The van der Waals surface area contributed by atoms with E-state index in [1.807, 2.05) is 0 Å². The summed E-state index contributed by atoms with van der Waals surface area (Å²) in [5, 5.41) is 16.0. The van der Waals surface area contributed by atoms with Crippen molar-refractivity contribution in [1.29, 1.82) is 0 Å². The summed E-state index contributed by atoms with van der Waals surface area (Å²) in [6, 6.07) is 6.15. The highest BCUT2D eigenvalue weighted by Gasteiger charge is 2.12. The van der Waals surface area contributed by atoms with Crippen molar-refractivity contribution in [3.05, 3.63) is 34.4 Å². The second kappa shape index (κ2) is 6.44. The maximum atomic E-state index is 11.3. The third kappa shape index (κ3) is 4.07. The van der Waals surface area contributed by atoms with Crippen molar-refractivity contribution >= 4 is 17.3 Å². The van der Waals surface area contributed by atoms with Crippen molar-refractivity contribution in [2.45, 2.75) is 0 Å². The number of carbonyl (C=O) groups is 1. The molecule has 1 rings (SSSR count). The lowest BCUT2D eigenvalue weighted by Gasteiger charge is -2.07. The number of nitro benzene ring substituents is 1. The molecule has 0 saturated heterocycles. The second-order valence-electron chi connectivity index (χ2n) is 3.27. The number of nitrogens with one attached hydrogen (secondary N) is 2. The quantitative estimate of drug-likeness (QED) is 0.480. The number of amides is 1. The molecule has 0 spiro atoms. The first-order chi connectivity index (χ1) is 8.15. The normalized spacial score (nSPS) is 9.71. The standard InChI is InChI=1S/C10H14N4O3/c11-5-6-12-10(15)7-13-8-3-1-2-4-9(8)14(16)17/h1-4,13H,5-7,11H2,(H,12,15). The average Bonchev–Trinajstić information content (AvgIpc) is 2.34. The summed E-state index contributed by atoms with van der Waals surface area (Å²) in [6.07, 6.45) is 0. The molecule has 0 unspecified atom stereocenters. The fourth-order valence-electron chi connectivity index (χ4n) is 1.23. The number of para-hydroxylation sites is 2. The molecular weight excluding hydrogens is 224 g/mol. The summed E-state index contributed by atoms with van der Waals surface area (Å²) in [4.78, 5) is 21.4. The molecule has 0 aliphatic heterocycles. The van der Waals surface area contributed by atoms with E-state index in [1.54, 1.807) is 18.2 Å². The van der Waals surface area contributed by atoms with Crippen molar-refractivity contribution in [2.75, 3.05) is 25.0 Å². The Bertz CT molecular complexity index is 408. The van der Waals surface area contributed by atoms with Gasteiger partial charge in [-0.3, -0.25) is 14.9 Å². The van der Waals surface area contributed by atoms with Gasteiger partial charge >= 0.3 is 0 Å². The van der Waals surface area contributed by atoms with E-state index in [1.165, 1.54) is 6.07 Å². The number of hydrogen-bond acceptors (Lipinski definition) is 5. The zero-order valence-corrected chi connectivity index (χ0v) is 9.18. The van der Waals surface area contributed by atoms with Gasteiger partial charge in [0.15, 0.2) is 0 Å². The molecule has 0 fully saturated rings. The van der Waals surface area contributed by atoms with Crippen LogP contribution < -0.4 is 16.4 Å². The zero-order valence-electron chi connectivity index (χ0n) is 9.18. The summed E-state index contributed by atoms with van der Waals surface area (Å²) in [6.45, 7) is 0.722. The van der Waals surface area contributed by atoms with Crippen molar-refractivity contribution in [1.82, 2.24) is 5.32 Å². The van der Waals surface area contributed by atoms with E-state index in [0.717, 1.165) is 0 Å². The van der Waals surface area contributed by atoms with Crippen LogP contribution in [0.4, 0.5) is 11.4 Å². The Morgan fingerprint density at radius 1 is 1.41 bits per heavy atom. The first kappa shape index (κ1) is 12.9. The van der Waals surface area contributed by atoms with E-state index < -0.39 is 4.92 Å². The highest BCUT2D eigenvalue weighted by molar-refractivity contribution is 5.81. The van der Waals surface area contributed by atoms with Gasteiger partial charge < -0.3 is 16.4 Å². The minimum absolute atomic E-state index is 0.0230. The van der Waals surface area contributed by atoms with Gasteiger partial charge in [0.25, 0.3) is 5.69 Å². The predicted octanol–water partition coefficient (Wildman–Crippen LogP) is 0.0816. The van der Waals surface area contributed by atoms with Crippen LogP contribution in [0.2, 0.25) is 0 Å². The maximum Gasteiger partial charge on any atom is 0.292 e.